The molecule has 1 atom stereocenters. The number of benzene rings is 2. The minimum Gasteiger partial charge on any atom is -0.485 e. The smallest absolute Gasteiger partial charge is 0.199 e. The van der Waals surface area contributed by atoms with Gasteiger partial charge in [-0.2, -0.15) is 0 Å². The molecule has 9 heteroatoms. The van der Waals surface area contributed by atoms with Crippen molar-refractivity contribution in [3.05, 3.63) is 107 Å². The van der Waals surface area contributed by atoms with E-state index in [1.54, 1.807) is 36.7 Å². The van der Waals surface area contributed by atoms with Gasteiger partial charge in [-0.1, -0.05) is 36.4 Å². The molecule has 36 heavy (non-hydrogen) atoms. The van der Waals surface area contributed by atoms with Gasteiger partial charge in [0, 0.05) is 42.6 Å². The lowest BCUT2D eigenvalue weighted by molar-refractivity contribution is 0.0972. The third-order valence-electron chi connectivity index (χ3n) is 6.18. The molecule has 0 amide bonds. The highest BCUT2D eigenvalue weighted by Gasteiger charge is 2.28. The summed E-state index contributed by atoms with van der Waals surface area (Å²) in [4.78, 5) is 24.1. The molecule has 2 heterocycles. The van der Waals surface area contributed by atoms with Gasteiger partial charge in [-0.05, 0) is 48.2 Å². The molecule has 4 aromatic rings. The highest BCUT2D eigenvalue weighted by atomic mass is 35.5. The van der Waals surface area contributed by atoms with Crippen molar-refractivity contribution < 1.29 is 17.9 Å². The molecule has 0 spiro atoms. The Morgan fingerprint density at radius 3 is 2.47 bits per heavy atom. The number of carbonyl (C=O) groups excluding carboxylic acids is 1. The summed E-state index contributed by atoms with van der Waals surface area (Å²) >= 11 is 0. The van der Waals surface area contributed by atoms with Crippen LogP contribution in [0, 0.1) is 0 Å². The molecule has 186 valence electrons. The first kappa shape index (κ1) is 25.6. The number of imidazole rings is 1. The van der Waals surface area contributed by atoms with Crippen molar-refractivity contribution in [2.24, 2.45) is 0 Å². The zero-order chi connectivity index (χ0) is 24.3. The van der Waals surface area contributed by atoms with Crippen LogP contribution in [0.4, 0.5) is 0 Å². The minimum atomic E-state index is -3.76. The van der Waals surface area contributed by atoms with Crippen molar-refractivity contribution in [3.63, 3.8) is 0 Å². The van der Waals surface area contributed by atoms with Crippen molar-refractivity contribution in [2.45, 2.75) is 42.6 Å². The van der Waals surface area contributed by atoms with Crippen LogP contribution in [0.5, 0.6) is 5.75 Å². The topological polar surface area (TPSA) is 102 Å². The maximum atomic E-state index is 13.3. The summed E-state index contributed by atoms with van der Waals surface area (Å²) in [5, 5.41) is 0.000818. The first-order valence-corrected chi connectivity index (χ1v) is 13.2. The molecule has 0 fully saturated rings. The number of fused-ring (bicyclic) bond motifs is 1. The first-order valence-electron chi connectivity index (χ1n) is 11.5. The number of carbonyl (C=O) groups is 1. The van der Waals surface area contributed by atoms with E-state index in [4.69, 9.17) is 4.74 Å². The molecule has 0 saturated carbocycles. The summed E-state index contributed by atoms with van der Waals surface area (Å²) in [5.41, 5.74) is 2.80. The van der Waals surface area contributed by atoms with Crippen molar-refractivity contribution >= 4 is 28.0 Å². The Kier molecular flexibility index (Phi) is 7.86. The average molecular weight is 524 g/mol. The predicted molar refractivity (Wildman–Crippen MR) is 138 cm³/mol. The second-order valence-electron chi connectivity index (χ2n) is 8.53. The number of H-pyrrole nitrogens is 1. The molecule has 1 aliphatic rings. The number of hydrogen-bond acceptors (Lipinski definition) is 6. The van der Waals surface area contributed by atoms with Crippen LogP contribution in [0.15, 0.2) is 84.3 Å². The largest absolute Gasteiger partial charge is 0.485 e. The number of rotatable bonds is 8. The van der Waals surface area contributed by atoms with Crippen LogP contribution in [0.3, 0.4) is 0 Å². The van der Waals surface area contributed by atoms with Crippen molar-refractivity contribution in [1.82, 2.24) is 15.0 Å². The van der Waals surface area contributed by atoms with E-state index in [1.807, 2.05) is 30.3 Å². The second kappa shape index (κ2) is 11.1. The lowest BCUT2D eigenvalue weighted by atomic mass is 9.87. The molecule has 2 aromatic carbocycles. The van der Waals surface area contributed by atoms with E-state index in [1.165, 1.54) is 12.3 Å². The molecule has 1 N–H and O–H groups in total. The number of aromatic nitrogens is 3. The Labute approximate surface area is 216 Å². The van der Waals surface area contributed by atoms with E-state index in [-0.39, 0.29) is 29.0 Å². The van der Waals surface area contributed by atoms with E-state index in [0.29, 0.717) is 42.6 Å². The van der Waals surface area contributed by atoms with Crippen LogP contribution in [-0.2, 0) is 28.4 Å². The standard InChI is InChI=1S/C27H25N3O4S.ClH/c31-23-10-6-9-20-21(23)12-13-24(22(20)18-35(32,33)27-11-4-5-14-30-27)34-25(17-26-28-15-16-29-26)19-7-2-1-3-8-19;/h1-5,7-8,11-16,25H,6,9-10,17-18H2,(H,28,29);1H/t25-;/m0./s1. The van der Waals surface area contributed by atoms with Gasteiger partial charge in [-0.3, -0.25) is 4.79 Å². The van der Waals surface area contributed by atoms with Gasteiger partial charge in [0.2, 0.25) is 0 Å². The van der Waals surface area contributed by atoms with Gasteiger partial charge in [-0.15, -0.1) is 12.4 Å². The van der Waals surface area contributed by atoms with Gasteiger partial charge in [0.05, 0.1) is 5.75 Å². The van der Waals surface area contributed by atoms with Crippen molar-refractivity contribution in [1.29, 1.82) is 0 Å². The fraction of sp³-hybridized carbons (Fsp3) is 0.222. The maximum Gasteiger partial charge on any atom is 0.199 e. The minimum absolute atomic E-state index is 0. The summed E-state index contributed by atoms with van der Waals surface area (Å²) in [5.74, 6) is 0.954. The van der Waals surface area contributed by atoms with Crippen molar-refractivity contribution in [3.8, 4) is 5.75 Å². The molecule has 2 aromatic heterocycles. The van der Waals surface area contributed by atoms with Gasteiger partial charge >= 0.3 is 0 Å². The Morgan fingerprint density at radius 2 is 1.75 bits per heavy atom. The first-order chi connectivity index (χ1) is 17.0. The predicted octanol–water partition coefficient (Wildman–Crippen LogP) is 5.08. The molecular weight excluding hydrogens is 498 g/mol. The Balaban J connectivity index is 0.00000304. The Hall–Kier alpha value is -3.49. The van der Waals surface area contributed by atoms with Crippen LogP contribution >= 0.6 is 12.4 Å². The zero-order valence-corrected chi connectivity index (χ0v) is 21.1. The van der Waals surface area contributed by atoms with E-state index in [9.17, 15) is 13.2 Å². The third-order valence-corrected chi connectivity index (χ3v) is 7.73. The van der Waals surface area contributed by atoms with Gasteiger partial charge < -0.3 is 9.72 Å². The second-order valence-corrected chi connectivity index (χ2v) is 10.5. The summed E-state index contributed by atoms with van der Waals surface area (Å²) < 4.78 is 33.2. The van der Waals surface area contributed by atoms with E-state index >= 15 is 0 Å². The van der Waals surface area contributed by atoms with Crippen LogP contribution < -0.4 is 4.74 Å². The molecule has 5 rings (SSSR count). The molecule has 1 aliphatic carbocycles. The average Bonchev–Trinajstić information content (AvgIpc) is 3.39. The van der Waals surface area contributed by atoms with Crippen LogP contribution in [-0.4, -0.2) is 29.2 Å². The lowest BCUT2D eigenvalue weighted by Crippen LogP contribution is -2.19. The fourth-order valence-corrected chi connectivity index (χ4v) is 5.83. The summed E-state index contributed by atoms with van der Waals surface area (Å²) in [7, 11) is -3.76. The van der Waals surface area contributed by atoms with E-state index < -0.39 is 15.9 Å². The summed E-state index contributed by atoms with van der Waals surface area (Å²) in [6.45, 7) is 0. The number of halogens is 1. The fourth-order valence-electron chi connectivity index (χ4n) is 4.48. The van der Waals surface area contributed by atoms with Crippen molar-refractivity contribution in [2.75, 3.05) is 0 Å². The SMILES string of the molecule is Cl.O=C1CCCc2c1ccc(O[C@@H](Cc1ncc[nH]1)c1ccccc1)c2CS(=O)(=O)c1ccccn1. The highest BCUT2D eigenvalue weighted by Crippen LogP contribution is 2.36. The number of nitrogens with zero attached hydrogens (tertiary/aromatic N) is 2. The number of pyridine rings is 1. The molecule has 0 unspecified atom stereocenters. The molecule has 0 bridgehead atoms. The lowest BCUT2D eigenvalue weighted by Gasteiger charge is -2.25. The number of Topliss-reactive ketones (excluding diaryl/α,β-unsaturated/α-hetero) is 1. The summed E-state index contributed by atoms with van der Waals surface area (Å²) in [6.07, 6.45) is 6.74. The Bertz CT molecular complexity index is 1430. The number of ether oxygens (including phenoxy) is 1. The van der Waals surface area contributed by atoms with Gasteiger partial charge in [0.15, 0.2) is 20.6 Å². The number of nitrogens with one attached hydrogen (secondary N) is 1. The Morgan fingerprint density at radius 1 is 0.944 bits per heavy atom. The van der Waals surface area contributed by atoms with Crippen LogP contribution in [0.25, 0.3) is 0 Å². The molecule has 0 aliphatic heterocycles. The van der Waals surface area contributed by atoms with Crippen LogP contribution in [0.2, 0.25) is 0 Å². The molecular formula is C27H26ClN3O4S. The van der Waals surface area contributed by atoms with E-state index in [0.717, 1.165) is 17.0 Å². The normalized spacial score (nSPS) is 13.9. The number of sulfone groups is 1. The van der Waals surface area contributed by atoms with E-state index in [2.05, 4.69) is 15.0 Å². The highest BCUT2D eigenvalue weighted by molar-refractivity contribution is 7.90. The molecule has 0 saturated heterocycles. The quantitative estimate of drug-likeness (QED) is 0.345. The third kappa shape index (κ3) is 5.50. The summed E-state index contributed by atoms with van der Waals surface area (Å²) in [6, 6.07) is 18.0. The maximum absolute atomic E-state index is 13.3. The monoisotopic (exact) mass is 523 g/mol. The molecule has 7 nitrogen and oxygen atoms in total. The molecule has 0 radical (unpaired) electrons. The number of aromatic amines is 1. The number of ketones is 1. The van der Waals surface area contributed by atoms with Gasteiger partial charge in [0.25, 0.3) is 0 Å². The number of hydrogen-bond donors (Lipinski definition) is 1. The van der Waals surface area contributed by atoms with Crippen LogP contribution in [0.1, 0.15) is 51.8 Å². The van der Waals surface area contributed by atoms with Gasteiger partial charge in [-0.25, -0.2) is 18.4 Å². The van der Waals surface area contributed by atoms with Gasteiger partial charge in [0.1, 0.15) is 17.7 Å². The zero-order valence-electron chi connectivity index (χ0n) is 19.5.